The predicted molar refractivity (Wildman–Crippen MR) is 127 cm³/mol. The van der Waals surface area contributed by atoms with Crippen LogP contribution in [0.25, 0.3) is 11.1 Å². The zero-order chi connectivity index (χ0) is 23.9. The lowest BCUT2D eigenvalue weighted by Gasteiger charge is -2.34. The lowest BCUT2D eigenvalue weighted by atomic mass is 9.74. The van der Waals surface area contributed by atoms with Crippen molar-refractivity contribution in [3.63, 3.8) is 0 Å². The fourth-order valence-electron chi connectivity index (χ4n) is 7.58. The molecule has 6 atom stereocenters. The summed E-state index contributed by atoms with van der Waals surface area (Å²) in [6.45, 7) is 0.840. The van der Waals surface area contributed by atoms with Gasteiger partial charge in [0.05, 0.1) is 11.3 Å². The smallest absolute Gasteiger partial charge is 0.407 e. The second kappa shape index (κ2) is 7.33. The molecule has 7 heteroatoms. The van der Waals surface area contributed by atoms with Crippen molar-refractivity contribution in [1.82, 2.24) is 10.2 Å². The van der Waals surface area contributed by atoms with E-state index < -0.39 is 23.4 Å². The summed E-state index contributed by atoms with van der Waals surface area (Å²) in [6, 6.07) is 16.3. The number of nitrogens with one attached hydrogen (secondary N) is 1. The SMILES string of the molecule is O=C(NC1CC2CC2(C(=O)N2CC3CC2C3C(=O)O)C1)OCC1c2ccccc2-c2ccccc21. The van der Waals surface area contributed by atoms with Gasteiger partial charge >= 0.3 is 12.1 Å². The van der Waals surface area contributed by atoms with Gasteiger partial charge in [0.25, 0.3) is 0 Å². The average molecular weight is 473 g/mol. The Kier molecular flexibility index (Phi) is 4.39. The van der Waals surface area contributed by atoms with Crippen molar-refractivity contribution in [3.05, 3.63) is 59.7 Å². The molecule has 2 heterocycles. The summed E-state index contributed by atoms with van der Waals surface area (Å²) in [5.41, 5.74) is 4.33. The van der Waals surface area contributed by atoms with Gasteiger partial charge in [-0.15, -0.1) is 0 Å². The lowest BCUT2D eigenvalue weighted by Crippen LogP contribution is -2.47. The molecule has 180 valence electrons. The number of carboxylic acids is 1. The van der Waals surface area contributed by atoms with Crippen LogP contribution in [0.15, 0.2) is 48.5 Å². The summed E-state index contributed by atoms with van der Waals surface area (Å²) in [5.74, 6) is -0.685. The molecule has 4 aliphatic carbocycles. The van der Waals surface area contributed by atoms with Crippen LogP contribution in [0.4, 0.5) is 4.79 Å². The van der Waals surface area contributed by atoms with Crippen LogP contribution >= 0.6 is 0 Å². The second-order valence-electron chi connectivity index (χ2n) is 11.0. The molecule has 2 aromatic rings. The number of carboxylic acid groups (broad SMARTS) is 1. The van der Waals surface area contributed by atoms with Crippen molar-refractivity contribution in [1.29, 1.82) is 0 Å². The van der Waals surface area contributed by atoms with E-state index in [0.29, 0.717) is 13.0 Å². The number of aliphatic carboxylic acids is 1. The van der Waals surface area contributed by atoms with Gasteiger partial charge in [-0.2, -0.15) is 0 Å². The standard InChI is InChI=1S/C28H28N2O5/c31-25(32)24-15-9-23(24)30(13-15)26(33)28-11-16(28)10-17(12-28)29-27(34)35-14-22-20-7-3-1-5-18(20)19-6-2-4-8-21(19)22/h1-8,15-17,22-24H,9-14H2,(H,29,34)(H,31,32). The summed E-state index contributed by atoms with van der Waals surface area (Å²) in [7, 11) is 0. The van der Waals surface area contributed by atoms with Crippen LogP contribution in [0.3, 0.4) is 0 Å². The Balaban J connectivity index is 0.974. The van der Waals surface area contributed by atoms with E-state index in [4.69, 9.17) is 4.74 Å². The third kappa shape index (κ3) is 3.00. The normalized spacial score (nSPS) is 33.4. The van der Waals surface area contributed by atoms with Crippen LogP contribution in [0.2, 0.25) is 0 Å². The maximum absolute atomic E-state index is 13.4. The first-order valence-corrected chi connectivity index (χ1v) is 12.6. The molecule has 6 aliphatic rings. The van der Waals surface area contributed by atoms with Crippen LogP contribution in [0, 0.1) is 23.2 Å². The zero-order valence-corrected chi connectivity index (χ0v) is 19.4. The second-order valence-corrected chi connectivity index (χ2v) is 11.0. The number of rotatable bonds is 5. The molecule has 35 heavy (non-hydrogen) atoms. The monoisotopic (exact) mass is 472 g/mol. The Morgan fingerprint density at radius 2 is 1.69 bits per heavy atom. The first-order valence-electron chi connectivity index (χ1n) is 12.6. The molecule has 2 saturated heterocycles. The Hall–Kier alpha value is -3.35. The third-order valence-corrected chi connectivity index (χ3v) is 9.35. The highest BCUT2D eigenvalue weighted by Gasteiger charge is 2.69. The quantitative estimate of drug-likeness (QED) is 0.693. The molecule has 3 saturated carbocycles. The fourth-order valence-corrected chi connectivity index (χ4v) is 7.58. The Labute approximate surface area is 203 Å². The highest BCUT2D eigenvalue weighted by molar-refractivity contribution is 5.89. The number of hydrogen-bond donors (Lipinski definition) is 2. The molecule has 0 aromatic heterocycles. The highest BCUT2D eigenvalue weighted by Crippen LogP contribution is 2.65. The molecular formula is C28H28N2O5. The first kappa shape index (κ1) is 21.0. The van der Waals surface area contributed by atoms with E-state index in [2.05, 4.69) is 29.6 Å². The third-order valence-electron chi connectivity index (χ3n) is 9.35. The molecule has 8 rings (SSSR count). The summed E-state index contributed by atoms with van der Waals surface area (Å²) >= 11 is 0. The van der Waals surface area contributed by atoms with Gasteiger partial charge in [0.1, 0.15) is 6.61 Å². The van der Waals surface area contributed by atoms with E-state index in [1.54, 1.807) is 0 Å². The van der Waals surface area contributed by atoms with Gasteiger partial charge in [0, 0.05) is 24.5 Å². The minimum Gasteiger partial charge on any atom is -0.481 e. The minimum atomic E-state index is -0.785. The van der Waals surface area contributed by atoms with Crippen LogP contribution in [0.1, 0.15) is 42.7 Å². The van der Waals surface area contributed by atoms with Gasteiger partial charge in [0.15, 0.2) is 0 Å². The summed E-state index contributed by atoms with van der Waals surface area (Å²) in [4.78, 5) is 39.4. The van der Waals surface area contributed by atoms with Gasteiger partial charge in [-0.3, -0.25) is 9.59 Å². The van der Waals surface area contributed by atoms with E-state index in [1.165, 1.54) is 22.3 Å². The number of amides is 2. The van der Waals surface area contributed by atoms with Crippen molar-refractivity contribution in [2.24, 2.45) is 23.2 Å². The lowest BCUT2D eigenvalue weighted by molar-refractivity contribution is -0.149. The summed E-state index contributed by atoms with van der Waals surface area (Å²) in [6.07, 6.45) is 2.62. The first-order chi connectivity index (χ1) is 17.0. The number of fused-ring (bicyclic) bond motifs is 5. The summed E-state index contributed by atoms with van der Waals surface area (Å²) in [5, 5.41) is 12.4. The van der Waals surface area contributed by atoms with Crippen LogP contribution in [0.5, 0.6) is 0 Å². The van der Waals surface area contributed by atoms with E-state index in [9.17, 15) is 19.5 Å². The average Bonchev–Trinajstić information content (AvgIpc) is 3.25. The predicted octanol–water partition coefficient (Wildman–Crippen LogP) is 3.63. The van der Waals surface area contributed by atoms with Crippen molar-refractivity contribution in [2.45, 2.75) is 43.7 Å². The molecule has 0 spiro atoms. The molecule has 2 bridgehead atoms. The van der Waals surface area contributed by atoms with Crippen LogP contribution in [-0.4, -0.2) is 53.2 Å². The summed E-state index contributed by atoms with van der Waals surface area (Å²) < 4.78 is 5.70. The zero-order valence-electron chi connectivity index (χ0n) is 19.4. The number of nitrogens with zero attached hydrogens (tertiary/aromatic N) is 1. The van der Waals surface area contributed by atoms with Crippen molar-refractivity contribution < 1.29 is 24.2 Å². The molecule has 2 N–H and O–H groups in total. The van der Waals surface area contributed by atoms with Crippen molar-refractivity contribution in [2.75, 3.05) is 13.2 Å². The number of carbonyl (C=O) groups excluding carboxylic acids is 2. The van der Waals surface area contributed by atoms with Crippen molar-refractivity contribution in [3.8, 4) is 11.1 Å². The molecular weight excluding hydrogens is 444 g/mol. The molecule has 0 radical (unpaired) electrons. The van der Waals surface area contributed by atoms with Gasteiger partial charge in [-0.1, -0.05) is 48.5 Å². The van der Waals surface area contributed by atoms with Gasteiger partial charge in [0.2, 0.25) is 5.91 Å². The maximum atomic E-state index is 13.4. The number of benzene rings is 2. The van der Waals surface area contributed by atoms with Crippen LogP contribution < -0.4 is 5.32 Å². The topological polar surface area (TPSA) is 95.9 Å². The van der Waals surface area contributed by atoms with Gasteiger partial charge < -0.3 is 20.1 Å². The highest BCUT2D eigenvalue weighted by atomic mass is 16.5. The van der Waals surface area contributed by atoms with E-state index >= 15 is 0 Å². The van der Waals surface area contributed by atoms with E-state index in [1.807, 2.05) is 29.2 Å². The number of carbonyl (C=O) groups is 3. The number of alkyl carbamates (subject to hydrolysis) is 1. The number of hydrogen-bond acceptors (Lipinski definition) is 4. The van der Waals surface area contributed by atoms with Gasteiger partial charge in [-0.25, -0.2) is 4.79 Å². The largest absolute Gasteiger partial charge is 0.481 e. The number of ether oxygens (including phenoxy) is 1. The van der Waals surface area contributed by atoms with Crippen LogP contribution in [-0.2, 0) is 14.3 Å². The van der Waals surface area contributed by atoms with Gasteiger partial charge in [-0.05, 0) is 59.8 Å². The molecule has 2 aliphatic heterocycles. The fraction of sp³-hybridized carbons (Fsp3) is 0.464. The van der Waals surface area contributed by atoms with E-state index in [0.717, 1.165) is 19.3 Å². The molecule has 2 aromatic carbocycles. The maximum Gasteiger partial charge on any atom is 0.407 e. The molecule has 2 amide bonds. The minimum absolute atomic E-state index is 0.0156. The Bertz CT molecular complexity index is 1210. The van der Waals surface area contributed by atoms with E-state index in [-0.39, 0.29) is 42.4 Å². The molecule has 7 nitrogen and oxygen atoms in total. The Morgan fingerprint density at radius 1 is 1.00 bits per heavy atom. The molecule has 6 unspecified atom stereocenters. The Morgan fingerprint density at radius 3 is 2.34 bits per heavy atom. The molecule has 5 fully saturated rings. The van der Waals surface area contributed by atoms with Crippen molar-refractivity contribution >= 4 is 18.0 Å².